The second-order valence-electron chi connectivity index (χ2n) is 6.38. The van der Waals surface area contributed by atoms with Crippen LogP contribution >= 0.6 is 23.2 Å². The number of hydrogen-bond acceptors (Lipinski definition) is 6. The monoisotopic (exact) mass is 432 g/mol. The number of ether oxygens (including phenoxy) is 1. The predicted octanol–water partition coefficient (Wildman–Crippen LogP) is 5.76. The minimum Gasteiger partial charge on any atom is -0.456 e. The van der Waals surface area contributed by atoms with Crippen LogP contribution in [0.2, 0.25) is 10.0 Å². The standard InChI is InChI=1S/C20H18Cl2N4O3/c1-12-9-15(26(27)28)10-17(21)19(12)29-16-5-3-14(4-6-16)7-8-23-20-18(22)13(2)24-11-25-20/h3-6,9-11H,7-8H2,1-2H3,(H,23,24,25). The number of hydrogen-bond donors (Lipinski definition) is 1. The number of benzene rings is 2. The van der Waals surface area contributed by atoms with Crippen LogP contribution in [0.15, 0.2) is 42.7 Å². The summed E-state index contributed by atoms with van der Waals surface area (Å²) in [7, 11) is 0. The third kappa shape index (κ3) is 5.13. The predicted molar refractivity (Wildman–Crippen MR) is 113 cm³/mol. The fourth-order valence-electron chi connectivity index (χ4n) is 2.70. The molecular weight excluding hydrogens is 415 g/mol. The molecule has 0 atom stereocenters. The first-order chi connectivity index (χ1) is 13.8. The van der Waals surface area contributed by atoms with E-state index < -0.39 is 4.92 Å². The van der Waals surface area contributed by atoms with Crippen LogP contribution in [0.25, 0.3) is 0 Å². The molecule has 0 saturated heterocycles. The van der Waals surface area contributed by atoms with Crippen molar-refractivity contribution in [1.82, 2.24) is 9.97 Å². The highest BCUT2D eigenvalue weighted by molar-refractivity contribution is 6.33. The van der Waals surface area contributed by atoms with Gasteiger partial charge in [0, 0.05) is 24.2 Å². The summed E-state index contributed by atoms with van der Waals surface area (Å²) < 4.78 is 5.83. The molecule has 1 heterocycles. The van der Waals surface area contributed by atoms with E-state index in [4.69, 9.17) is 27.9 Å². The number of anilines is 1. The zero-order valence-electron chi connectivity index (χ0n) is 15.8. The van der Waals surface area contributed by atoms with E-state index in [1.165, 1.54) is 18.5 Å². The van der Waals surface area contributed by atoms with Crippen molar-refractivity contribution in [3.05, 3.63) is 79.7 Å². The minimum absolute atomic E-state index is 0.0679. The van der Waals surface area contributed by atoms with E-state index >= 15 is 0 Å². The number of halogens is 2. The van der Waals surface area contributed by atoms with E-state index in [0.717, 1.165) is 17.7 Å². The van der Waals surface area contributed by atoms with Crippen LogP contribution in [0.1, 0.15) is 16.8 Å². The van der Waals surface area contributed by atoms with E-state index in [0.29, 0.717) is 34.4 Å². The van der Waals surface area contributed by atoms with Gasteiger partial charge in [0.15, 0.2) is 0 Å². The number of nitrogens with zero attached hydrogens (tertiary/aromatic N) is 3. The van der Waals surface area contributed by atoms with Crippen LogP contribution in [0.4, 0.5) is 11.5 Å². The zero-order chi connectivity index (χ0) is 21.0. The van der Waals surface area contributed by atoms with Crippen molar-refractivity contribution in [3.63, 3.8) is 0 Å². The first-order valence-electron chi connectivity index (χ1n) is 8.77. The summed E-state index contributed by atoms with van der Waals surface area (Å²) in [5, 5.41) is 14.8. The summed E-state index contributed by atoms with van der Waals surface area (Å²) in [4.78, 5) is 18.6. The van der Waals surface area contributed by atoms with Gasteiger partial charge in [0.2, 0.25) is 0 Å². The number of rotatable bonds is 7. The average Bonchev–Trinajstić information content (AvgIpc) is 2.69. The molecule has 0 radical (unpaired) electrons. The maximum absolute atomic E-state index is 10.9. The SMILES string of the molecule is Cc1cc([N+](=O)[O-])cc(Cl)c1Oc1ccc(CCNc2ncnc(C)c2Cl)cc1. The molecule has 7 nitrogen and oxygen atoms in total. The van der Waals surface area contributed by atoms with Gasteiger partial charge in [-0.2, -0.15) is 0 Å². The molecule has 3 aromatic rings. The van der Waals surface area contributed by atoms with Crippen LogP contribution in [-0.2, 0) is 6.42 Å². The molecule has 29 heavy (non-hydrogen) atoms. The molecule has 0 aliphatic carbocycles. The van der Waals surface area contributed by atoms with Gasteiger partial charge in [0.1, 0.15) is 28.7 Å². The summed E-state index contributed by atoms with van der Waals surface area (Å²) in [5.74, 6) is 1.61. The molecule has 0 bridgehead atoms. The zero-order valence-corrected chi connectivity index (χ0v) is 17.3. The van der Waals surface area contributed by atoms with Gasteiger partial charge in [-0.15, -0.1) is 0 Å². The fourth-order valence-corrected chi connectivity index (χ4v) is 3.16. The lowest BCUT2D eigenvalue weighted by Gasteiger charge is -2.11. The Bertz CT molecular complexity index is 1020. The van der Waals surface area contributed by atoms with Gasteiger partial charge in [-0.25, -0.2) is 9.97 Å². The number of nitro groups is 1. The lowest BCUT2D eigenvalue weighted by atomic mass is 10.1. The number of aryl methyl sites for hydroxylation is 2. The first-order valence-corrected chi connectivity index (χ1v) is 9.53. The molecule has 1 N–H and O–H groups in total. The normalized spacial score (nSPS) is 10.6. The van der Waals surface area contributed by atoms with Crippen molar-refractivity contribution in [3.8, 4) is 11.5 Å². The summed E-state index contributed by atoms with van der Waals surface area (Å²) >= 11 is 12.3. The van der Waals surface area contributed by atoms with Crippen LogP contribution < -0.4 is 10.1 Å². The molecular formula is C20H18Cl2N4O3. The van der Waals surface area contributed by atoms with Crippen molar-refractivity contribution < 1.29 is 9.66 Å². The minimum atomic E-state index is -0.485. The Labute approximate surface area is 177 Å². The van der Waals surface area contributed by atoms with Gasteiger partial charge in [-0.3, -0.25) is 10.1 Å². The maximum Gasteiger partial charge on any atom is 0.271 e. The number of non-ortho nitro benzene ring substituents is 1. The van der Waals surface area contributed by atoms with Crippen molar-refractivity contribution in [2.45, 2.75) is 20.3 Å². The van der Waals surface area contributed by atoms with Crippen molar-refractivity contribution in [2.24, 2.45) is 0 Å². The molecule has 0 fully saturated rings. The fraction of sp³-hybridized carbons (Fsp3) is 0.200. The Kier molecular flexibility index (Phi) is 6.51. The second-order valence-corrected chi connectivity index (χ2v) is 7.16. The Morgan fingerprint density at radius 2 is 1.86 bits per heavy atom. The molecule has 0 unspecified atom stereocenters. The highest BCUT2D eigenvalue weighted by Crippen LogP contribution is 2.36. The van der Waals surface area contributed by atoms with Crippen molar-refractivity contribution in [1.29, 1.82) is 0 Å². The van der Waals surface area contributed by atoms with E-state index in [-0.39, 0.29) is 10.7 Å². The molecule has 3 rings (SSSR count). The molecule has 150 valence electrons. The highest BCUT2D eigenvalue weighted by Gasteiger charge is 2.15. The van der Waals surface area contributed by atoms with E-state index in [2.05, 4.69) is 15.3 Å². The maximum atomic E-state index is 10.9. The first kappa shape index (κ1) is 20.8. The van der Waals surface area contributed by atoms with Gasteiger partial charge in [0.25, 0.3) is 5.69 Å². The second kappa shape index (κ2) is 9.07. The van der Waals surface area contributed by atoms with Crippen molar-refractivity contribution in [2.75, 3.05) is 11.9 Å². The lowest BCUT2D eigenvalue weighted by molar-refractivity contribution is -0.384. The number of nitrogens with one attached hydrogen (secondary N) is 1. The van der Waals surface area contributed by atoms with Crippen molar-refractivity contribution >= 4 is 34.7 Å². The Morgan fingerprint density at radius 1 is 1.14 bits per heavy atom. The Balaban J connectivity index is 1.62. The topological polar surface area (TPSA) is 90.2 Å². The van der Waals surface area contributed by atoms with Gasteiger partial charge < -0.3 is 10.1 Å². The van der Waals surface area contributed by atoms with E-state index in [9.17, 15) is 10.1 Å². The third-order valence-electron chi connectivity index (χ3n) is 4.24. The molecule has 0 aliphatic rings. The summed E-state index contributed by atoms with van der Waals surface area (Å²) in [6.07, 6.45) is 2.23. The highest BCUT2D eigenvalue weighted by atomic mass is 35.5. The largest absolute Gasteiger partial charge is 0.456 e. The van der Waals surface area contributed by atoms with Gasteiger partial charge >= 0.3 is 0 Å². The molecule has 0 aliphatic heterocycles. The Hall–Kier alpha value is -2.90. The number of aromatic nitrogens is 2. The summed E-state index contributed by atoms with van der Waals surface area (Å²) in [5.41, 5.74) is 2.35. The van der Waals surface area contributed by atoms with Gasteiger partial charge in [0.05, 0.1) is 15.6 Å². The molecule has 0 amide bonds. The van der Waals surface area contributed by atoms with Crippen LogP contribution in [0, 0.1) is 24.0 Å². The lowest BCUT2D eigenvalue weighted by Crippen LogP contribution is -2.07. The average molecular weight is 433 g/mol. The van der Waals surface area contributed by atoms with Crippen LogP contribution in [0.3, 0.4) is 0 Å². The summed E-state index contributed by atoms with van der Waals surface area (Å²) in [6, 6.07) is 10.3. The third-order valence-corrected chi connectivity index (χ3v) is 4.97. The quantitative estimate of drug-likeness (QED) is 0.377. The summed E-state index contributed by atoms with van der Waals surface area (Å²) in [6.45, 7) is 4.20. The van der Waals surface area contributed by atoms with E-state index in [1.54, 1.807) is 6.92 Å². The molecule has 2 aromatic carbocycles. The van der Waals surface area contributed by atoms with Crippen LogP contribution in [0.5, 0.6) is 11.5 Å². The molecule has 0 saturated carbocycles. The van der Waals surface area contributed by atoms with Gasteiger partial charge in [-0.1, -0.05) is 35.3 Å². The molecule has 1 aromatic heterocycles. The van der Waals surface area contributed by atoms with Crippen LogP contribution in [-0.4, -0.2) is 21.4 Å². The molecule has 9 heteroatoms. The molecule has 0 spiro atoms. The van der Waals surface area contributed by atoms with Gasteiger partial charge in [-0.05, 0) is 38.0 Å². The number of nitro benzene ring substituents is 1. The smallest absolute Gasteiger partial charge is 0.271 e. The Morgan fingerprint density at radius 3 is 2.52 bits per heavy atom. The van der Waals surface area contributed by atoms with E-state index in [1.807, 2.05) is 31.2 Å².